The molecule has 2 atom stereocenters. The molecule has 1 heterocycles. The molecular weight excluding hydrogens is 232 g/mol. The van der Waals surface area contributed by atoms with Gasteiger partial charge in [0.05, 0.1) is 18.8 Å². The molecule has 18 heavy (non-hydrogen) atoms. The molecule has 0 aliphatic carbocycles. The van der Waals surface area contributed by atoms with Crippen molar-refractivity contribution in [1.29, 1.82) is 0 Å². The van der Waals surface area contributed by atoms with E-state index in [4.69, 9.17) is 0 Å². The second kappa shape index (κ2) is 7.84. The van der Waals surface area contributed by atoms with Crippen LogP contribution in [0, 0.1) is 0 Å². The van der Waals surface area contributed by atoms with Crippen LogP contribution in [0.15, 0.2) is 12.3 Å². The van der Waals surface area contributed by atoms with Gasteiger partial charge in [-0.15, -0.1) is 0 Å². The van der Waals surface area contributed by atoms with Crippen molar-refractivity contribution >= 4 is 11.8 Å². The highest BCUT2D eigenvalue weighted by Gasteiger charge is 2.19. The maximum absolute atomic E-state index is 11.6. The molecule has 4 N–H and O–H groups in total. The molecule has 0 radical (unpaired) electrons. The lowest BCUT2D eigenvalue weighted by atomic mass is 10.1. The van der Waals surface area contributed by atoms with Crippen LogP contribution in [0.4, 0.5) is 0 Å². The van der Waals surface area contributed by atoms with E-state index in [0.29, 0.717) is 6.42 Å². The van der Waals surface area contributed by atoms with Crippen LogP contribution in [0.2, 0.25) is 0 Å². The summed E-state index contributed by atoms with van der Waals surface area (Å²) in [6.07, 6.45) is 5.06. The Morgan fingerprint density at radius 2 is 2.39 bits per heavy atom. The van der Waals surface area contributed by atoms with E-state index >= 15 is 0 Å². The summed E-state index contributed by atoms with van der Waals surface area (Å²) in [5, 5.41) is 11.5. The van der Waals surface area contributed by atoms with Gasteiger partial charge in [0.2, 0.25) is 11.8 Å². The minimum absolute atomic E-state index is 0.0562. The van der Waals surface area contributed by atoms with E-state index in [1.165, 1.54) is 0 Å². The van der Waals surface area contributed by atoms with Crippen LogP contribution < -0.4 is 21.3 Å². The van der Waals surface area contributed by atoms with Gasteiger partial charge in [-0.2, -0.15) is 0 Å². The van der Waals surface area contributed by atoms with Crippen LogP contribution >= 0.6 is 0 Å². The quantitative estimate of drug-likeness (QED) is 0.459. The summed E-state index contributed by atoms with van der Waals surface area (Å²) in [5.74, 6) is -0.212. The smallest absolute Gasteiger partial charge is 0.241 e. The van der Waals surface area contributed by atoms with Crippen molar-refractivity contribution in [2.75, 3.05) is 13.1 Å². The zero-order valence-corrected chi connectivity index (χ0v) is 11.0. The van der Waals surface area contributed by atoms with Crippen LogP contribution in [0.5, 0.6) is 0 Å². The lowest BCUT2D eigenvalue weighted by Gasteiger charge is -2.20. The van der Waals surface area contributed by atoms with Crippen molar-refractivity contribution < 1.29 is 9.59 Å². The molecule has 0 saturated carbocycles. The number of rotatable bonds is 7. The van der Waals surface area contributed by atoms with Gasteiger partial charge in [0.1, 0.15) is 0 Å². The number of hydrogen-bond donors (Lipinski definition) is 4. The van der Waals surface area contributed by atoms with Gasteiger partial charge in [0, 0.05) is 0 Å². The normalized spacial score (nSPS) is 20.3. The van der Waals surface area contributed by atoms with E-state index in [9.17, 15) is 9.59 Å². The first kappa shape index (κ1) is 14.7. The Labute approximate surface area is 108 Å². The highest BCUT2D eigenvalue weighted by Crippen LogP contribution is 1.98. The lowest BCUT2D eigenvalue weighted by molar-refractivity contribution is -0.123. The van der Waals surface area contributed by atoms with Gasteiger partial charge in [-0.3, -0.25) is 20.2 Å². The molecule has 0 aromatic rings. The fraction of sp³-hybridized carbons (Fsp3) is 0.667. The highest BCUT2D eigenvalue weighted by molar-refractivity contribution is 5.85. The molecule has 2 unspecified atom stereocenters. The van der Waals surface area contributed by atoms with Gasteiger partial charge in [0.15, 0.2) is 0 Å². The average Bonchev–Trinajstić information content (AvgIpc) is 2.35. The first-order valence-electron chi connectivity index (χ1n) is 6.35. The zero-order chi connectivity index (χ0) is 13.4. The molecule has 2 amide bonds. The summed E-state index contributed by atoms with van der Waals surface area (Å²) >= 11 is 0. The molecule has 0 spiro atoms. The fourth-order valence-electron chi connectivity index (χ4n) is 1.65. The van der Waals surface area contributed by atoms with E-state index < -0.39 is 0 Å². The van der Waals surface area contributed by atoms with Gasteiger partial charge < -0.3 is 10.6 Å². The number of carbonyl (C=O) groups is 2. The van der Waals surface area contributed by atoms with Crippen molar-refractivity contribution in [1.82, 2.24) is 21.3 Å². The summed E-state index contributed by atoms with van der Waals surface area (Å²) in [6, 6.07) is -0.320. The Bertz CT molecular complexity index is 317. The second-order valence-corrected chi connectivity index (χ2v) is 4.32. The van der Waals surface area contributed by atoms with Gasteiger partial charge in [-0.05, 0) is 32.5 Å². The third-order valence-electron chi connectivity index (χ3n) is 2.62. The summed E-state index contributed by atoms with van der Waals surface area (Å²) in [4.78, 5) is 23.0. The average molecular weight is 254 g/mol. The Kier molecular flexibility index (Phi) is 6.38. The number of amides is 2. The van der Waals surface area contributed by atoms with Crippen LogP contribution in [-0.2, 0) is 9.59 Å². The molecule has 0 bridgehead atoms. The molecule has 1 aliphatic heterocycles. The molecule has 6 nitrogen and oxygen atoms in total. The largest absolute Gasteiger partial charge is 0.340 e. The molecular formula is C12H22N4O2. The summed E-state index contributed by atoms with van der Waals surface area (Å²) in [7, 11) is 0. The SMILES string of the molecule is CCCNC(C)NC(=O)CNC1CC=CNC1=O. The van der Waals surface area contributed by atoms with E-state index in [0.717, 1.165) is 13.0 Å². The van der Waals surface area contributed by atoms with Crippen LogP contribution in [0.25, 0.3) is 0 Å². The first-order valence-corrected chi connectivity index (χ1v) is 6.35. The third kappa shape index (κ3) is 5.29. The van der Waals surface area contributed by atoms with Crippen molar-refractivity contribution in [3.8, 4) is 0 Å². The maximum Gasteiger partial charge on any atom is 0.241 e. The predicted molar refractivity (Wildman–Crippen MR) is 69.6 cm³/mol. The Hall–Kier alpha value is -1.40. The molecule has 0 aromatic carbocycles. The van der Waals surface area contributed by atoms with Crippen LogP contribution in [0.3, 0.4) is 0 Å². The monoisotopic (exact) mass is 254 g/mol. The standard InChI is InChI=1S/C12H22N4O2/c1-3-6-13-9(2)16-11(17)8-15-10-5-4-7-14-12(10)18/h4,7,9-10,13,15H,3,5-6,8H2,1-2H3,(H,14,18)(H,16,17). The van der Waals surface area contributed by atoms with Gasteiger partial charge >= 0.3 is 0 Å². The van der Waals surface area contributed by atoms with E-state index in [-0.39, 0.29) is 30.6 Å². The first-order chi connectivity index (χ1) is 8.63. The molecule has 0 fully saturated rings. The molecule has 1 aliphatic rings. The minimum atomic E-state index is -0.320. The molecule has 0 aromatic heterocycles. The van der Waals surface area contributed by atoms with E-state index in [1.807, 2.05) is 13.0 Å². The van der Waals surface area contributed by atoms with E-state index in [1.54, 1.807) is 6.20 Å². The number of nitrogens with one attached hydrogen (secondary N) is 4. The zero-order valence-electron chi connectivity index (χ0n) is 11.0. The van der Waals surface area contributed by atoms with Gasteiger partial charge in [-0.1, -0.05) is 13.0 Å². The molecule has 6 heteroatoms. The number of hydrogen-bond acceptors (Lipinski definition) is 4. The van der Waals surface area contributed by atoms with Gasteiger partial charge in [-0.25, -0.2) is 0 Å². The topological polar surface area (TPSA) is 82.3 Å². The lowest BCUT2D eigenvalue weighted by Crippen LogP contribution is -2.51. The second-order valence-electron chi connectivity index (χ2n) is 4.32. The Morgan fingerprint density at radius 3 is 3.06 bits per heavy atom. The predicted octanol–water partition coefficient (Wildman–Crippen LogP) is -0.560. The third-order valence-corrected chi connectivity index (χ3v) is 2.62. The Balaban J connectivity index is 2.20. The van der Waals surface area contributed by atoms with Crippen molar-refractivity contribution in [2.45, 2.75) is 38.9 Å². The maximum atomic E-state index is 11.6. The molecule has 1 rings (SSSR count). The van der Waals surface area contributed by atoms with E-state index in [2.05, 4.69) is 28.2 Å². The fourth-order valence-corrected chi connectivity index (χ4v) is 1.65. The van der Waals surface area contributed by atoms with Crippen molar-refractivity contribution in [3.63, 3.8) is 0 Å². The number of carbonyl (C=O) groups excluding carboxylic acids is 2. The molecule has 0 saturated heterocycles. The summed E-state index contributed by atoms with van der Waals surface area (Å²) in [6.45, 7) is 4.97. The van der Waals surface area contributed by atoms with Crippen LogP contribution in [-0.4, -0.2) is 37.1 Å². The van der Waals surface area contributed by atoms with Crippen molar-refractivity contribution in [3.05, 3.63) is 12.3 Å². The van der Waals surface area contributed by atoms with Crippen molar-refractivity contribution in [2.24, 2.45) is 0 Å². The summed E-state index contributed by atoms with van der Waals surface area (Å²) < 4.78 is 0. The highest BCUT2D eigenvalue weighted by atomic mass is 16.2. The minimum Gasteiger partial charge on any atom is -0.340 e. The molecule has 102 valence electrons. The summed E-state index contributed by atoms with van der Waals surface area (Å²) in [5.41, 5.74) is 0. The Morgan fingerprint density at radius 1 is 1.61 bits per heavy atom. The van der Waals surface area contributed by atoms with Gasteiger partial charge in [0.25, 0.3) is 0 Å². The van der Waals surface area contributed by atoms with Crippen LogP contribution in [0.1, 0.15) is 26.7 Å².